The summed E-state index contributed by atoms with van der Waals surface area (Å²) in [4.78, 5) is 20.4. The third-order valence-electron chi connectivity index (χ3n) is 1.53. The molecule has 0 aliphatic heterocycles. The number of nitro groups is 1. The van der Waals surface area contributed by atoms with Gasteiger partial charge in [0.1, 0.15) is 0 Å². The molecule has 0 heterocycles. The van der Waals surface area contributed by atoms with Gasteiger partial charge < -0.3 is 10.8 Å². The van der Waals surface area contributed by atoms with Gasteiger partial charge in [0.15, 0.2) is 0 Å². The van der Waals surface area contributed by atoms with Crippen LogP contribution in [0.15, 0.2) is 12.1 Å². The summed E-state index contributed by atoms with van der Waals surface area (Å²) in [5, 5.41) is 19.1. The molecule has 14 heavy (non-hydrogen) atoms. The van der Waals surface area contributed by atoms with Crippen LogP contribution in [0, 0.1) is 13.7 Å². The van der Waals surface area contributed by atoms with Crippen molar-refractivity contribution in [1.82, 2.24) is 0 Å². The number of nitrogen functional groups attached to an aromatic ring is 1. The van der Waals surface area contributed by atoms with Gasteiger partial charge in [0.05, 0.1) is 16.2 Å². The fourth-order valence-electron chi connectivity index (χ4n) is 0.944. The summed E-state index contributed by atoms with van der Waals surface area (Å²) in [6.07, 6.45) is 0. The topological polar surface area (TPSA) is 106 Å². The molecule has 74 valence electrons. The molecule has 0 aromatic heterocycles. The zero-order valence-corrected chi connectivity index (χ0v) is 8.89. The molecule has 3 N–H and O–H groups in total. The lowest BCUT2D eigenvalue weighted by Crippen LogP contribution is -2.06. The van der Waals surface area contributed by atoms with Gasteiger partial charge in [-0.3, -0.25) is 10.1 Å². The van der Waals surface area contributed by atoms with Crippen molar-refractivity contribution in [3.63, 3.8) is 0 Å². The lowest BCUT2D eigenvalue weighted by molar-refractivity contribution is -0.384. The maximum Gasteiger partial charge on any atom is 0.338 e. The quantitative estimate of drug-likeness (QED) is 0.372. The third kappa shape index (κ3) is 1.92. The zero-order valence-electron chi connectivity index (χ0n) is 6.73. The van der Waals surface area contributed by atoms with E-state index >= 15 is 0 Å². The Bertz CT molecular complexity index is 395. The average Bonchev–Trinajstić information content (AvgIpc) is 2.01. The Morgan fingerprint density at radius 1 is 1.57 bits per heavy atom. The van der Waals surface area contributed by atoms with Crippen LogP contribution in [0.1, 0.15) is 10.4 Å². The van der Waals surface area contributed by atoms with E-state index < -0.39 is 10.9 Å². The van der Waals surface area contributed by atoms with Crippen molar-refractivity contribution < 1.29 is 14.8 Å². The number of anilines is 1. The second-order valence-corrected chi connectivity index (χ2v) is 3.62. The summed E-state index contributed by atoms with van der Waals surface area (Å²) in [6.45, 7) is 0. The highest BCUT2D eigenvalue weighted by Crippen LogP contribution is 2.25. The smallest absolute Gasteiger partial charge is 0.338 e. The molecule has 7 heteroatoms. The molecular formula is C7H5IN2O4. The summed E-state index contributed by atoms with van der Waals surface area (Å²) in [5.41, 5.74) is 4.96. The highest BCUT2D eigenvalue weighted by Gasteiger charge is 2.17. The Hall–Kier alpha value is -1.38. The van der Waals surface area contributed by atoms with Crippen LogP contribution in [-0.2, 0) is 0 Å². The Morgan fingerprint density at radius 2 is 2.14 bits per heavy atom. The van der Waals surface area contributed by atoms with E-state index in [-0.39, 0.29) is 20.5 Å². The first kappa shape index (κ1) is 10.7. The molecule has 0 spiro atoms. The minimum Gasteiger partial charge on any atom is -0.478 e. The highest BCUT2D eigenvalue weighted by molar-refractivity contribution is 14.1. The van der Waals surface area contributed by atoms with Crippen molar-refractivity contribution in [2.75, 3.05) is 5.73 Å². The van der Waals surface area contributed by atoms with Gasteiger partial charge in [-0.2, -0.15) is 0 Å². The molecule has 0 saturated heterocycles. The largest absolute Gasteiger partial charge is 0.478 e. The van der Waals surface area contributed by atoms with Gasteiger partial charge in [0.25, 0.3) is 5.69 Å². The second-order valence-electron chi connectivity index (χ2n) is 2.45. The Kier molecular flexibility index (Phi) is 2.89. The number of rotatable bonds is 2. The van der Waals surface area contributed by atoms with Crippen LogP contribution in [0.4, 0.5) is 11.4 Å². The van der Waals surface area contributed by atoms with E-state index in [1.165, 1.54) is 6.07 Å². The van der Waals surface area contributed by atoms with Gasteiger partial charge in [-0.1, -0.05) is 0 Å². The summed E-state index contributed by atoms with van der Waals surface area (Å²) in [6, 6.07) is 2.20. The van der Waals surface area contributed by atoms with E-state index in [9.17, 15) is 14.9 Å². The molecule has 0 unspecified atom stereocenters. The second kappa shape index (κ2) is 3.78. The molecule has 6 nitrogen and oxygen atoms in total. The van der Waals surface area contributed by atoms with Crippen LogP contribution in [0.2, 0.25) is 0 Å². The Morgan fingerprint density at radius 3 is 2.50 bits per heavy atom. The molecule has 1 aromatic rings. The van der Waals surface area contributed by atoms with E-state index in [1.54, 1.807) is 22.6 Å². The molecule has 1 rings (SSSR count). The molecule has 0 radical (unpaired) electrons. The van der Waals surface area contributed by atoms with E-state index in [2.05, 4.69) is 0 Å². The summed E-state index contributed by atoms with van der Waals surface area (Å²) < 4.78 is 0.252. The summed E-state index contributed by atoms with van der Waals surface area (Å²) >= 11 is 1.69. The molecule has 0 bridgehead atoms. The van der Waals surface area contributed by atoms with E-state index in [1.807, 2.05) is 0 Å². The number of carboxylic acid groups (broad SMARTS) is 1. The van der Waals surface area contributed by atoms with Crippen molar-refractivity contribution in [3.05, 3.63) is 31.4 Å². The number of nitrogens with zero attached hydrogens (tertiary/aromatic N) is 1. The first-order chi connectivity index (χ1) is 6.43. The van der Waals surface area contributed by atoms with Crippen LogP contribution in [-0.4, -0.2) is 16.0 Å². The van der Waals surface area contributed by atoms with Crippen molar-refractivity contribution in [2.24, 2.45) is 0 Å². The average molecular weight is 308 g/mol. The number of carboxylic acids is 1. The molecule has 0 fully saturated rings. The van der Waals surface area contributed by atoms with Gasteiger partial charge in [0, 0.05) is 15.7 Å². The van der Waals surface area contributed by atoms with Gasteiger partial charge in [-0.05, 0) is 22.6 Å². The molecule has 1 aromatic carbocycles. The van der Waals surface area contributed by atoms with Crippen LogP contribution >= 0.6 is 22.6 Å². The molecule has 0 amide bonds. The number of carbonyl (C=O) groups is 1. The number of hydrogen-bond donors (Lipinski definition) is 2. The minimum atomic E-state index is -1.19. The molecule has 0 atom stereocenters. The van der Waals surface area contributed by atoms with Gasteiger partial charge in [0.2, 0.25) is 0 Å². The number of hydrogen-bond acceptors (Lipinski definition) is 4. The third-order valence-corrected chi connectivity index (χ3v) is 2.38. The van der Waals surface area contributed by atoms with E-state index in [0.717, 1.165) is 6.07 Å². The number of nitrogens with two attached hydrogens (primary N) is 1. The minimum absolute atomic E-state index is 0.101. The number of aromatic carboxylic acids is 1. The highest BCUT2D eigenvalue weighted by atomic mass is 127. The molecule has 0 aliphatic carbocycles. The van der Waals surface area contributed by atoms with Crippen molar-refractivity contribution in [3.8, 4) is 0 Å². The summed E-state index contributed by atoms with van der Waals surface area (Å²) in [7, 11) is 0. The first-order valence-corrected chi connectivity index (χ1v) is 4.48. The SMILES string of the molecule is Nc1cc([N+](=O)[O-])cc(I)c1C(=O)O. The maximum atomic E-state index is 10.7. The molecular weight excluding hydrogens is 303 g/mol. The van der Waals surface area contributed by atoms with Crippen molar-refractivity contribution in [1.29, 1.82) is 0 Å². The maximum absolute atomic E-state index is 10.7. The number of non-ortho nitro benzene ring substituents is 1. The molecule has 0 saturated carbocycles. The first-order valence-electron chi connectivity index (χ1n) is 3.40. The van der Waals surface area contributed by atoms with Crippen LogP contribution in [0.25, 0.3) is 0 Å². The van der Waals surface area contributed by atoms with Crippen molar-refractivity contribution >= 4 is 39.9 Å². The zero-order chi connectivity index (χ0) is 10.9. The standard InChI is InChI=1S/C7H5IN2O4/c8-4-1-3(10(13)14)2-5(9)6(4)7(11)12/h1-2H,9H2,(H,11,12). The fourth-order valence-corrected chi connectivity index (χ4v) is 1.81. The Labute approximate surface area is 92.0 Å². The van der Waals surface area contributed by atoms with Crippen molar-refractivity contribution in [2.45, 2.75) is 0 Å². The van der Waals surface area contributed by atoms with Crippen LogP contribution in [0.3, 0.4) is 0 Å². The van der Waals surface area contributed by atoms with Gasteiger partial charge in [-0.15, -0.1) is 0 Å². The van der Waals surface area contributed by atoms with Gasteiger partial charge in [-0.25, -0.2) is 4.79 Å². The fraction of sp³-hybridized carbons (Fsp3) is 0. The van der Waals surface area contributed by atoms with Gasteiger partial charge >= 0.3 is 5.97 Å². The summed E-state index contributed by atoms with van der Waals surface area (Å²) in [5.74, 6) is -1.19. The molecule has 0 aliphatic rings. The normalized spacial score (nSPS) is 9.79. The predicted octanol–water partition coefficient (Wildman–Crippen LogP) is 1.48. The predicted molar refractivity (Wildman–Crippen MR) is 57.2 cm³/mol. The lowest BCUT2D eigenvalue weighted by Gasteiger charge is -2.02. The Balaban J connectivity index is 3.39. The van der Waals surface area contributed by atoms with E-state index in [4.69, 9.17) is 10.8 Å². The number of benzene rings is 1. The van der Waals surface area contributed by atoms with Crippen LogP contribution < -0.4 is 5.73 Å². The monoisotopic (exact) mass is 308 g/mol. The number of halogens is 1. The number of nitro benzene ring substituents is 1. The van der Waals surface area contributed by atoms with E-state index in [0.29, 0.717) is 0 Å². The lowest BCUT2D eigenvalue weighted by atomic mass is 10.1. The van der Waals surface area contributed by atoms with Crippen LogP contribution in [0.5, 0.6) is 0 Å².